The molecule has 0 spiro atoms. The molecule has 0 aliphatic heterocycles. The molecule has 19 heavy (non-hydrogen) atoms. The Hall–Kier alpha value is -1.42. The molecule has 3 nitrogen and oxygen atoms in total. The van der Waals surface area contributed by atoms with Crippen molar-refractivity contribution in [3.63, 3.8) is 0 Å². The average Bonchev–Trinajstić information content (AvgIpc) is 2.37. The summed E-state index contributed by atoms with van der Waals surface area (Å²) in [7, 11) is 1.39. The highest BCUT2D eigenvalue weighted by atomic mass is 19.1. The van der Waals surface area contributed by atoms with Gasteiger partial charge in [-0.3, -0.25) is 4.79 Å². The van der Waals surface area contributed by atoms with Gasteiger partial charge in [0.1, 0.15) is 11.9 Å². The molecule has 0 bridgehead atoms. The number of methoxy groups -OCH3 is 1. The average molecular weight is 267 g/mol. The molecule has 106 valence electrons. The fourth-order valence-electron chi connectivity index (χ4n) is 1.93. The van der Waals surface area contributed by atoms with E-state index < -0.39 is 0 Å². The Morgan fingerprint density at radius 2 is 2.11 bits per heavy atom. The molecule has 0 fully saturated rings. The quantitative estimate of drug-likeness (QED) is 0.805. The van der Waals surface area contributed by atoms with Gasteiger partial charge in [-0.15, -0.1) is 0 Å². The van der Waals surface area contributed by atoms with E-state index in [-0.39, 0.29) is 17.8 Å². The van der Waals surface area contributed by atoms with Crippen molar-refractivity contribution in [3.05, 3.63) is 35.1 Å². The number of hydrogen-bond acceptors (Lipinski definition) is 3. The lowest BCUT2D eigenvalue weighted by Gasteiger charge is -2.18. The lowest BCUT2D eigenvalue weighted by Crippen LogP contribution is -2.38. The Kier molecular flexibility index (Phi) is 5.96. The van der Waals surface area contributed by atoms with E-state index in [2.05, 4.69) is 19.2 Å². The number of rotatable bonds is 6. The molecule has 1 rings (SSSR count). The summed E-state index contributed by atoms with van der Waals surface area (Å²) in [5.41, 5.74) is 1.56. The zero-order chi connectivity index (χ0) is 14.4. The lowest BCUT2D eigenvalue weighted by molar-refractivity contribution is -0.143. The first-order chi connectivity index (χ1) is 8.93. The van der Waals surface area contributed by atoms with Crippen molar-refractivity contribution in [2.24, 2.45) is 5.92 Å². The number of carbonyl (C=O) groups excluding carboxylic acids is 1. The third-order valence-electron chi connectivity index (χ3n) is 2.97. The zero-order valence-corrected chi connectivity index (χ0v) is 12.0. The van der Waals surface area contributed by atoms with Crippen LogP contribution in [-0.2, 0) is 16.1 Å². The third kappa shape index (κ3) is 4.99. The Morgan fingerprint density at radius 3 is 2.63 bits per heavy atom. The van der Waals surface area contributed by atoms with Crippen molar-refractivity contribution in [3.8, 4) is 0 Å². The van der Waals surface area contributed by atoms with Gasteiger partial charge < -0.3 is 10.1 Å². The maximum absolute atomic E-state index is 13.2. The second kappa shape index (κ2) is 7.24. The smallest absolute Gasteiger partial charge is 0.322 e. The maximum Gasteiger partial charge on any atom is 0.322 e. The van der Waals surface area contributed by atoms with Crippen molar-refractivity contribution in [1.29, 1.82) is 0 Å². The van der Waals surface area contributed by atoms with Crippen molar-refractivity contribution in [2.75, 3.05) is 7.11 Å². The minimum Gasteiger partial charge on any atom is -0.468 e. The molecule has 0 amide bonds. The Labute approximate surface area is 114 Å². The normalized spacial score (nSPS) is 12.5. The van der Waals surface area contributed by atoms with Gasteiger partial charge in [0.15, 0.2) is 0 Å². The van der Waals surface area contributed by atoms with Crippen LogP contribution in [0.4, 0.5) is 4.39 Å². The van der Waals surface area contributed by atoms with Crippen LogP contribution in [0.25, 0.3) is 0 Å². The fourth-order valence-corrected chi connectivity index (χ4v) is 1.93. The molecule has 1 atom stereocenters. The number of esters is 1. The molecule has 0 aromatic heterocycles. The SMILES string of the molecule is COC(=O)C(CC(C)C)NCc1ccc(F)c(C)c1. The molecular weight excluding hydrogens is 245 g/mol. The highest BCUT2D eigenvalue weighted by Gasteiger charge is 2.19. The number of halogens is 1. The van der Waals surface area contributed by atoms with Crippen LogP contribution in [0.1, 0.15) is 31.4 Å². The molecule has 4 heteroatoms. The van der Waals surface area contributed by atoms with Crippen LogP contribution in [-0.4, -0.2) is 19.1 Å². The van der Waals surface area contributed by atoms with E-state index in [4.69, 9.17) is 4.74 Å². The second-order valence-electron chi connectivity index (χ2n) is 5.17. The molecule has 1 unspecified atom stereocenters. The molecule has 1 N–H and O–H groups in total. The highest BCUT2D eigenvalue weighted by Crippen LogP contribution is 2.11. The van der Waals surface area contributed by atoms with Gasteiger partial charge in [-0.1, -0.05) is 26.0 Å². The summed E-state index contributed by atoms with van der Waals surface area (Å²) in [6.45, 7) is 6.36. The topological polar surface area (TPSA) is 38.3 Å². The number of ether oxygens (including phenoxy) is 1. The van der Waals surface area contributed by atoms with Gasteiger partial charge in [0, 0.05) is 6.54 Å². The van der Waals surface area contributed by atoms with E-state index in [1.165, 1.54) is 13.2 Å². The molecule has 0 aliphatic carbocycles. The number of nitrogens with one attached hydrogen (secondary N) is 1. The zero-order valence-electron chi connectivity index (χ0n) is 12.0. The molecular formula is C15H22FNO2. The largest absolute Gasteiger partial charge is 0.468 e. The summed E-state index contributed by atoms with van der Waals surface area (Å²) in [6, 6.07) is 4.63. The second-order valence-corrected chi connectivity index (χ2v) is 5.17. The standard InChI is InChI=1S/C15H22FNO2/c1-10(2)7-14(15(18)19-4)17-9-12-5-6-13(16)11(3)8-12/h5-6,8,10,14,17H,7,9H2,1-4H3. The fraction of sp³-hybridized carbons (Fsp3) is 0.533. The summed E-state index contributed by atoms with van der Waals surface area (Å²) in [5, 5.41) is 3.17. The summed E-state index contributed by atoms with van der Waals surface area (Å²) in [4.78, 5) is 11.6. The minimum atomic E-state index is -0.324. The molecule has 1 aromatic carbocycles. The van der Waals surface area contributed by atoms with Crippen LogP contribution in [0.15, 0.2) is 18.2 Å². The van der Waals surface area contributed by atoms with Crippen molar-refractivity contribution < 1.29 is 13.9 Å². The summed E-state index contributed by atoms with van der Waals surface area (Å²) >= 11 is 0. The van der Waals surface area contributed by atoms with Crippen LogP contribution in [0, 0.1) is 18.7 Å². The first kappa shape index (κ1) is 15.6. The van der Waals surface area contributed by atoms with Gasteiger partial charge in [0.05, 0.1) is 7.11 Å². The third-order valence-corrected chi connectivity index (χ3v) is 2.97. The molecule has 0 heterocycles. The van der Waals surface area contributed by atoms with Crippen LogP contribution in [0.3, 0.4) is 0 Å². The first-order valence-electron chi connectivity index (χ1n) is 6.50. The van der Waals surface area contributed by atoms with Gasteiger partial charge in [0.25, 0.3) is 0 Å². The van der Waals surface area contributed by atoms with Crippen molar-refractivity contribution in [1.82, 2.24) is 5.32 Å². The highest BCUT2D eigenvalue weighted by molar-refractivity contribution is 5.75. The van der Waals surface area contributed by atoms with Gasteiger partial charge >= 0.3 is 5.97 Å². The van der Waals surface area contributed by atoms with Crippen LogP contribution in [0.2, 0.25) is 0 Å². The Morgan fingerprint density at radius 1 is 1.42 bits per heavy atom. The predicted molar refractivity (Wildman–Crippen MR) is 73.2 cm³/mol. The van der Waals surface area contributed by atoms with Crippen LogP contribution in [0.5, 0.6) is 0 Å². The Bertz CT molecular complexity index is 432. The lowest BCUT2D eigenvalue weighted by atomic mass is 10.0. The number of aryl methyl sites for hydroxylation is 1. The number of carbonyl (C=O) groups is 1. The van der Waals surface area contributed by atoms with Gasteiger partial charge in [-0.2, -0.15) is 0 Å². The van der Waals surface area contributed by atoms with Gasteiger partial charge in [-0.05, 0) is 36.5 Å². The van der Waals surface area contributed by atoms with Crippen LogP contribution >= 0.6 is 0 Å². The van der Waals surface area contributed by atoms with E-state index in [9.17, 15) is 9.18 Å². The van der Waals surface area contributed by atoms with Gasteiger partial charge in [0.2, 0.25) is 0 Å². The van der Waals surface area contributed by atoms with E-state index in [1.54, 1.807) is 19.1 Å². The summed E-state index contributed by atoms with van der Waals surface area (Å²) < 4.78 is 17.9. The molecule has 0 radical (unpaired) electrons. The monoisotopic (exact) mass is 267 g/mol. The Balaban J connectivity index is 2.64. The van der Waals surface area contributed by atoms with E-state index in [0.717, 1.165) is 5.56 Å². The van der Waals surface area contributed by atoms with E-state index in [1.807, 2.05) is 0 Å². The molecule has 0 saturated heterocycles. The first-order valence-corrected chi connectivity index (χ1v) is 6.50. The van der Waals surface area contributed by atoms with Crippen molar-refractivity contribution >= 4 is 5.97 Å². The number of hydrogen-bond donors (Lipinski definition) is 1. The molecule has 0 saturated carbocycles. The van der Waals surface area contributed by atoms with Crippen LogP contribution < -0.4 is 5.32 Å². The maximum atomic E-state index is 13.2. The summed E-state index contributed by atoms with van der Waals surface area (Å²) in [5.74, 6) is -0.0745. The van der Waals surface area contributed by atoms with Crippen molar-refractivity contribution in [2.45, 2.75) is 39.8 Å². The predicted octanol–water partition coefficient (Wildman–Crippen LogP) is 2.81. The minimum absolute atomic E-state index is 0.213. The molecule has 0 aliphatic rings. The van der Waals surface area contributed by atoms with E-state index in [0.29, 0.717) is 24.4 Å². The van der Waals surface area contributed by atoms with E-state index >= 15 is 0 Å². The number of benzene rings is 1. The molecule has 1 aromatic rings. The summed E-state index contributed by atoms with van der Waals surface area (Å²) in [6.07, 6.45) is 0.715. The van der Waals surface area contributed by atoms with Gasteiger partial charge in [-0.25, -0.2) is 4.39 Å².